The Morgan fingerprint density at radius 2 is 2.27 bits per heavy atom. The van der Waals surface area contributed by atoms with Crippen molar-refractivity contribution >= 4 is 11.6 Å². The van der Waals surface area contributed by atoms with E-state index in [4.69, 9.17) is 5.26 Å². The van der Waals surface area contributed by atoms with Gasteiger partial charge in [-0.25, -0.2) is 4.39 Å². The second kappa shape index (κ2) is 7.08. The van der Waals surface area contributed by atoms with Gasteiger partial charge in [-0.3, -0.25) is 4.79 Å². The van der Waals surface area contributed by atoms with Crippen LogP contribution in [0.5, 0.6) is 0 Å². The van der Waals surface area contributed by atoms with E-state index in [1.165, 1.54) is 6.07 Å². The van der Waals surface area contributed by atoms with Crippen LogP contribution in [0.2, 0.25) is 0 Å². The Balaban J connectivity index is 2.06. The molecule has 1 aromatic rings. The lowest BCUT2D eigenvalue weighted by molar-refractivity contribution is -0.117. The van der Waals surface area contributed by atoms with Crippen molar-refractivity contribution in [3.05, 3.63) is 41.2 Å². The second-order valence-corrected chi connectivity index (χ2v) is 5.79. The van der Waals surface area contributed by atoms with E-state index in [0.717, 1.165) is 25.0 Å². The van der Waals surface area contributed by atoms with Gasteiger partial charge in [0.15, 0.2) is 0 Å². The van der Waals surface area contributed by atoms with Gasteiger partial charge in [-0.1, -0.05) is 5.57 Å². The normalized spacial score (nSPS) is 17.5. The van der Waals surface area contributed by atoms with Gasteiger partial charge in [-0.05, 0) is 44.9 Å². The minimum Gasteiger partial charge on any atom is -0.367 e. The molecule has 0 spiro atoms. The summed E-state index contributed by atoms with van der Waals surface area (Å²) < 4.78 is 14.1. The molecule has 0 aliphatic carbocycles. The Kier molecular flexibility index (Phi) is 5.16. The number of rotatable bonds is 3. The third-order valence-electron chi connectivity index (χ3n) is 3.61. The van der Waals surface area contributed by atoms with Crippen molar-refractivity contribution in [1.29, 1.82) is 5.26 Å². The number of halogens is 1. The molecule has 1 aliphatic rings. The summed E-state index contributed by atoms with van der Waals surface area (Å²) in [7, 11) is 0. The molecule has 0 saturated carbocycles. The summed E-state index contributed by atoms with van der Waals surface area (Å²) in [6.45, 7) is 5.07. The highest BCUT2D eigenvalue weighted by Crippen LogP contribution is 2.24. The number of carbonyl (C=O) groups is 1. The van der Waals surface area contributed by atoms with E-state index in [1.807, 2.05) is 24.8 Å². The molecule has 1 N–H and O–H groups in total. The molecular formula is C17H20FN3O. The van der Waals surface area contributed by atoms with Crippen LogP contribution in [0.1, 0.15) is 32.3 Å². The average molecular weight is 301 g/mol. The van der Waals surface area contributed by atoms with E-state index in [9.17, 15) is 9.18 Å². The molecule has 1 unspecified atom stereocenters. The zero-order chi connectivity index (χ0) is 16.1. The summed E-state index contributed by atoms with van der Waals surface area (Å²) in [6, 6.07) is 6.43. The van der Waals surface area contributed by atoms with Gasteiger partial charge in [0.05, 0.1) is 17.3 Å². The predicted molar refractivity (Wildman–Crippen MR) is 83.9 cm³/mol. The highest BCUT2D eigenvalue weighted by molar-refractivity contribution is 5.88. The summed E-state index contributed by atoms with van der Waals surface area (Å²) >= 11 is 0. The Labute approximate surface area is 130 Å². The Hall–Kier alpha value is -2.35. The zero-order valence-corrected chi connectivity index (χ0v) is 12.9. The number of allylic oxidation sites excluding steroid dienone is 1. The standard InChI is InChI=1S/C17H20FN3O/c1-12(2)8-17(22)20-14-4-3-7-21(11-14)16-6-5-13(10-19)9-15(16)18/h5-6,8-9,14H,3-4,7,11H2,1-2H3,(H,20,22). The van der Waals surface area contributed by atoms with Crippen LogP contribution >= 0.6 is 0 Å². The maximum absolute atomic E-state index is 14.1. The van der Waals surface area contributed by atoms with Crippen LogP contribution in [0, 0.1) is 17.1 Å². The highest BCUT2D eigenvalue weighted by Gasteiger charge is 2.23. The first-order valence-electron chi connectivity index (χ1n) is 7.39. The number of nitrogens with one attached hydrogen (secondary N) is 1. The van der Waals surface area contributed by atoms with E-state index in [0.29, 0.717) is 17.8 Å². The Morgan fingerprint density at radius 3 is 2.91 bits per heavy atom. The minimum absolute atomic E-state index is 0.00638. The number of hydrogen-bond donors (Lipinski definition) is 1. The van der Waals surface area contributed by atoms with E-state index in [2.05, 4.69) is 5.32 Å². The van der Waals surface area contributed by atoms with Crippen molar-refractivity contribution < 1.29 is 9.18 Å². The van der Waals surface area contributed by atoms with Gasteiger partial charge < -0.3 is 10.2 Å². The summed E-state index contributed by atoms with van der Waals surface area (Å²) in [5, 5.41) is 11.8. The SMILES string of the molecule is CC(C)=CC(=O)NC1CCCN(c2ccc(C#N)cc2F)C1. The molecular weight excluding hydrogens is 281 g/mol. The van der Waals surface area contributed by atoms with Gasteiger partial charge in [-0.15, -0.1) is 0 Å². The molecule has 1 aromatic carbocycles. The molecule has 1 saturated heterocycles. The van der Waals surface area contributed by atoms with Crippen LogP contribution in [0.3, 0.4) is 0 Å². The quantitative estimate of drug-likeness (QED) is 0.873. The van der Waals surface area contributed by atoms with Crippen LogP contribution < -0.4 is 10.2 Å². The van der Waals surface area contributed by atoms with Gasteiger partial charge in [0, 0.05) is 25.2 Å². The van der Waals surface area contributed by atoms with Crippen LogP contribution in [-0.2, 0) is 4.79 Å². The first-order chi connectivity index (χ1) is 10.5. The molecule has 1 heterocycles. The molecule has 1 amide bonds. The molecule has 5 heteroatoms. The molecule has 0 bridgehead atoms. The van der Waals surface area contributed by atoms with Gasteiger partial charge >= 0.3 is 0 Å². The van der Waals surface area contributed by atoms with Crippen LogP contribution in [0.4, 0.5) is 10.1 Å². The molecule has 1 aliphatic heterocycles. The summed E-state index contributed by atoms with van der Waals surface area (Å²) in [5.74, 6) is -0.498. The zero-order valence-electron chi connectivity index (χ0n) is 12.9. The summed E-state index contributed by atoms with van der Waals surface area (Å²) in [4.78, 5) is 13.7. The molecule has 116 valence electrons. The van der Waals surface area contributed by atoms with Crippen molar-refractivity contribution in [2.45, 2.75) is 32.7 Å². The van der Waals surface area contributed by atoms with Crippen molar-refractivity contribution in [2.24, 2.45) is 0 Å². The van der Waals surface area contributed by atoms with Crippen molar-refractivity contribution in [3.63, 3.8) is 0 Å². The van der Waals surface area contributed by atoms with Gasteiger partial charge in [0.2, 0.25) is 5.91 Å². The number of amides is 1. The number of nitrogens with zero attached hydrogens (tertiary/aromatic N) is 2. The lowest BCUT2D eigenvalue weighted by Gasteiger charge is -2.34. The fraction of sp³-hybridized carbons (Fsp3) is 0.412. The van der Waals surface area contributed by atoms with Crippen molar-refractivity contribution in [1.82, 2.24) is 5.32 Å². The molecule has 22 heavy (non-hydrogen) atoms. The smallest absolute Gasteiger partial charge is 0.244 e. The van der Waals surface area contributed by atoms with Gasteiger partial charge in [0.1, 0.15) is 5.82 Å². The third-order valence-corrected chi connectivity index (χ3v) is 3.61. The number of benzene rings is 1. The Morgan fingerprint density at radius 1 is 1.50 bits per heavy atom. The monoisotopic (exact) mass is 301 g/mol. The van der Waals surface area contributed by atoms with E-state index >= 15 is 0 Å². The number of piperidine rings is 1. The predicted octanol–water partition coefficient (Wildman–Crippen LogP) is 2.75. The van der Waals surface area contributed by atoms with E-state index in [1.54, 1.807) is 18.2 Å². The first kappa shape index (κ1) is 16.0. The second-order valence-electron chi connectivity index (χ2n) is 5.79. The van der Waals surface area contributed by atoms with E-state index in [-0.39, 0.29) is 11.9 Å². The van der Waals surface area contributed by atoms with Gasteiger partial charge in [-0.2, -0.15) is 5.26 Å². The molecule has 4 nitrogen and oxygen atoms in total. The minimum atomic E-state index is -0.393. The largest absolute Gasteiger partial charge is 0.367 e. The molecule has 1 fully saturated rings. The van der Waals surface area contributed by atoms with Crippen molar-refractivity contribution in [2.75, 3.05) is 18.0 Å². The topological polar surface area (TPSA) is 56.1 Å². The van der Waals surface area contributed by atoms with E-state index < -0.39 is 5.82 Å². The third kappa shape index (κ3) is 4.08. The summed E-state index contributed by atoms with van der Waals surface area (Å²) in [5.41, 5.74) is 1.75. The summed E-state index contributed by atoms with van der Waals surface area (Å²) in [6.07, 6.45) is 3.34. The first-order valence-corrected chi connectivity index (χ1v) is 7.39. The van der Waals surface area contributed by atoms with Crippen LogP contribution in [0.25, 0.3) is 0 Å². The van der Waals surface area contributed by atoms with Crippen LogP contribution in [0.15, 0.2) is 29.8 Å². The molecule has 1 atom stereocenters. The fourth-order valence-corrected chi connectivity index (χ4v) is 2.65. The van der Waals surface area contributed by atoms with Crippen LogP contribution in [-0.4, -0.2) is 25.0 Å². The lowest BCUT2D eigenvalue weighted by Crippen LogP contribution is -2.47. The van der Waals surface area contributed by atoms with Crippen molar-refractivity contribution in [3.8, 4) is 6.07 Å². The molecule has 0 radical (unpaired) electrons. The number of nitriles is 1. The average Bonchev–Trinajstić information content (AvgIpc) is 2.46. The van der Waals surface area contributed by atoms with Gasteiger partial charge in [0.25, 0.3) is 0 Å². The maximum Gasteiger partial charge on any atom is 0.244 e. The fourth-order valence-electron chi connectivity index (χ4n) is 2.65. The molecule has 0 aromatic heterocycles. The Bertz CT molecular complexity index is 629. The number of hydrogen-bond acceptors (Lipinski definition) is 3. The maximum atomic E-state index is 14.1. The number of carbonyl (C=O) groups excluding carboxylic acids is 1. The lowest BCUT2D eigenvalue weighted by atomic mass is 10.0. The number of anilines is 1. The molecule has 2 rings (SSSR count). The highest BCUT2D eigenvalue weighted by atomic mass is 19.1.